The molecule has 0 radical (unpaired) electrons. The van der Waals surface area contributed by atoms with Gasteiger partial charge >= 0.3 is 0 Å². The SMILES string of the molecule is CCNS(=O)(=O)c1ccc(C)c(C(=O)Nc2ccccc2SCC(N)=O)c1. The van der Waals surface area contributed by atoms with Gasteiger partial charge in [0.2, 0.25) is 15.9 Å². The van der Waals surface area contributed by atoms with Gasteiger partial charge in [0.25, 0.3) is 5.91 Å². The van der Waals surface area contributed by atoms with Crippen molar-refractivity contribution in [2.75, 3.05) is 17.6 Å². The quantitative estimate of drug-likeness (QED) is 0.579. The Bertz CT molecular complexity index is 959. The number of rotatable bonds is 8. The minimum atomic E-state index is -3.67. The molecule has 0 bridgehead atoms. The Morgan fingerprint density at radius 1 is 1.15 bits per heavy atom. The molecule has 0 saturated carbocycles. The molecule has 0 fully saturated rings. The summed E-state index contributed by atoms with van der Waals surface area (Å²) in [5.41, 5.74) is 6.59. The lowest BCUT2D eigenvalue weighted by molar-refractivity contribution is -0.115. The highest BCUT2D eigenvalue weighted by molar-refractivity contribution is 8.00. The van der Waals surface area contributed by atoms with E-state index < -0.39 is 21.8 Å². The van der Waals surface area contributed by atoms with E-state index in [1.807, 2.05) is 0 Å². The van der Waals surface area contributed by atoms with Gasteiger partial charge in [-0.15, -0.1) is 11.8 Å². The van der Waals surface area contributed by atoms with Crippen molar-refractivity contribution in [3.63, 3.8) is 0 Å². The Hall–Kier alpha value is -2.36. The van der Waals surface area contributed by atoms with Crippen LogP contribution in [0.4, 0.5) is 5.69 Å². The average Bonchev–Trinajstić information content (AvgIpc) is 2.61. The topological polar surface area (TPSA) is 118 Å². The van der Waals surface area contributed by atoms with Crippen molar-refractivity contribution in [3.8, 4) is 0 Å². The zero-order valence-electron chi connectivity index (χ0n) is 15.0. The molecular formula is C18H21N3O4S2. The summed E-state index contributed by atoms with van der Waals surface area (Å²) in [5, 5.41) is 2.77. The van der Waals surface area contributed by atoms with E-state index in [9.17, 15) is 18.0 Å². The van der Waals surface area contributed by atoms with Gasteiger partial charge in [-0.25, -0.2) is 13.1 Å². The van der Waals surface area contributed by atoms with Crippen LogP contribution in [-0.2, 0) is 14.8 Å². The fraction of sp³-hybridized carbons (Fsp3) is 0.222. The summed E-state index contributed by atoms with van der Waals surface area (Å²) in [6.45, 7) is 3.66. The lowest BCUT2D eigenvalue weighted by atomic mass is 10.1. The molecule has 144 valence electrons. The molecular weight excluding hydrogens is 386 g/mol. The third-order valence-electron chi connectivity index (χ3n) is 3.60. The van der Waals surface area contributed by atoms with E-state index >= 15 is 0 Å². The van der Waals surface area contributed by atoms with Gasteiger partial charge in [-0.05, 0) is 36.8 Å². The number of nitrogens with two attached hydrogens (primary N) is 1. The molecule has 0 saturated heterocycles. The fourth-order valence-electron chi connectivity index (χ4n) is 2.32. The van der Waals surface area contributed by atoms with Crippen LogP contribution in [0, 0.1) is 6.92 Å². The first-order valence-electron chi connectivity index (χ1n) is 8.16. The van der Waals surface area contributed by atoms with Gasteiger partial charge < -0.3 is 11.1 Å². The van der Waals surface area contributed by atoms with Crippen LogP contribution >= 0.6 is 11.8 Å². The van der Waals surface area contributed by atoms with E-state index in [0.717, 1.165) is 0 Å². The molecule has 4 N–H and O–H groups in total. The Labute approximate surface area is 162 Å². The first kappa shape index (κ1) is 20.9. The number of thioether (sulfide) groups is 1. The van der Waals surface area contributed by atoms with Gasteiger partial charge in [0.15, 0.2) is 0 Å². The third-order valence-corrected chi connectivity index (χ3v) is 6.24. The monoisotopic (exact) mass is 407 g/mol. The molecule has 0 aliphatic rings. The van der Waals surface area contributed by atoms with Crippen molar-refractivity contribution in [1.82, 2.24) is 4.72 Å². The number of hydrogen-bond donors (Lipinski definition) is 3. The molecule has 0 aliphatic carbocycles. The second kappa shape index (κ2) is 9.03. The highest BCUT2D eigenvalue weighted by Gasteiger charge is 2.18. The molecule has 0 aromatic heterocycles. The molecule has 2 aromatic carbocycles. The van der Waals surface area contributed by atoms with Crippen LogP contribution in [0.3, 0.4) is 0 Å². The fourth-order valence-corrected chi connectivity index (χ4v) is 4.13. The molecule has 0 aliphatic heterocycles. The molecule has 2 rings (SSSR count). The number of carbonyl (C=O) groups is 2. The molecule has 7 nitrogen and oxygen atoms in total. The van der Waals surface area contributed by atoms with Gasteiger partial charge in [0.1, 0.15) is 0 Å². The highest BCUT2D eigenvalue weighted by Crippen LogP contribution is 2.27. The van der Waals surface area contributed by atoms with Gasteiger partial charge in [0.05, 0.1) is 16.3 Å². The predicted octanol–water partition coefficient (Wildman–Crippen LogP) is 2.12. The summed E-state index contributed by atoms with van der Waals surface area (Å²) < 4.78 is 26.8. The summed E-state index contributed by atoms with van der Waals surface area (Å²) in [7, 11) is -3.67. The number of hydrogen-bond acceptors (Lipinski definition) is 5. The highest BCUT2D eigenvalue weighted by atomic mass is 32.2. The van der Waals surface area contributed by atoms with Crippen LogP contribution in [0.5, 0.6) is 0 Å². The number of benzene rings is 2. The van der Waals surface area contributed by atoms with Crippen molar-refractivity contribution in [2.45, 2.75) is 23.6 Å². The van der Waals surface area contributed by atoms with Gasteiger partial charge in [-0.1, -0.05) is 25.1 Å². The van der Waals surface area contributed by atoms with E-state index in [2.05, 4.69) is 10.0 Å². The average molecular weight is 408 g/mol. The second-order valence-electron chi connectivity index (χ2n) is 5.68. The maximum Gasteiger partial charge on any atom is 0.256 e. The maximum absolute atomic E-state index is 12.7. The van der Waals surface area contributed by atoms with E-state index in [4.69, 9.17) is 5.73 Å². The molecule has 0 spiro atoms. The summed E-state index contributed by atoms with van der Waals surface area (Å²) >= 11 is 1.22. The number of amides is 2. The molecule has 2 amide bonds. The minimum Gasteiger partial charge on any atom is -0.369 e. The number of anilines is 1. The second-order valence-corrected chi connectivity index (χ2v) is 8.47. The summed E-state index contributed by atoms with van der Waals surface area (Å²) in [5.74, 6) is -0.811. The molecule has 0 heterocycles. The first-order chi connectivity index (χ1) is 12.7. The van der Waals surface area contributed by atoms with E-state index in [0.29, 0.717) is 16.1 Å². The summed E-state index contributed by atoms with van der Waals surface area (Å²) in [6.07, 6.45) is 0. The van der Waals surface area contributed by atoms with Crippen LogP contribution in [0.1, 0.15) is 22.8 Å². The predicted molar refractivity (Wildman–Crippen MR) is 106 cm³/mol. The Balaban J connectivity index is 2.30. The molecule has 0 atom stereocenters. The van der Waals surface area contributed by atoms with Crippen molar-refractivity contribution in [2.24, 2.45) is 5.73 Å². The number of para-hydroxylation sites is 1. The smallest absolute Gasteiger partial charge is 0.256 e. The third kappa shape index (κ3) is 5.56. The van der Waals surface area contributed by atoms with E-state index in [-0.39, 0.29) is 22.8 Å². The molecule has 0 unspecified atom stereocenters. The standard InChI is InChI=1S/C18H21N3O4S2/c1-3-20-27(24,25)13-9-8-12(2)14(10-13)18(23)21-15-6-4-5-7-16(15)26-11-17(19)22/h4-10,20H,3,11H2,1-2H3,(H2,19,22)(H,21,23). The number of nitrogens with one attached hydrogen (secondary N) is 2. The summed E-state index contributed by atoms with van der Waals surface area (Å²) in [4.78, 5) is 24.5. The van der Waals surface area contributed by atoms with Crippen molar-refractivity contribution in [3.05, 3.63) is 53.6 Å². The van der Waals surface area contributed by atoms with Crippen LogP contribution < -0.4 is 15.8 Å². The van der Waals surface area contributed by atoms with Crippen LogP contribution in [0.2, 0.25) is 0 Å². The zero-order valence-corrected chi connectivity index (χ0v) is 16.6. The molecule has 2 aromatic rings. The number of aryl methyl sites for hydroxylation is 1. The Morgan fingerprint density at radius 3 is 2.52 bits per heavy atom. The number of carbonyl (C=O) groups excluding carboxylic acids is 2. The Kier molecular flexibility index (Phi) is 7.00. The van der Waals surface area contributed by atoms with Crippen LogP contribution in [0.15, 0.2) is 52.3 Å². The molecule has 9 heteroatoms. The number of primary amides is 1. The number of sulfonamides is 1. The van der Waals surface area contributed by atoms with Gasteiger partial charge in [-0.2, -0.15) is 0 Å². The van der Waals surface area contributed by atoms with E-state index in [1.54, 1.807) is 44.2 Å². The van der Waals surface area contributed by atoms with Crippen molar-refractivity contribution in [1.29, 1.82) is 0 Å². The first-order valence-corrected chi connectivity index (χ1v) is 10.6. The van der Waals surface area contributed by atoms with Gasteiger partial charge in [-0.3, -0.25) is 9.59 Å². The lowest BCUT2D eigenvalue weighted by Gasteiger charge is -2.13. The van der Waals surface area contributed by atoms with E-state index in [1.165, 1.54) is 23.9 Å². The maximum atomic E-state index is 12.7. The Morgan fingerprint density at radius 2 is 1.85 bits per heavy atom. The zero-order chi connectivity index (χ0) is 20.0. The van der Waals surface area contributed by atoms with Crippen molar-refractivity contribution >= 4 is 39.3 Å². The normalized spacial score (nSPS) is 11.2. The largest absolute Gasteiger partial charge is 0.369 e. The van der Waals surface area contributed by atoms with Crippen LogP contribution in [0.25, 0.3) is 0 Å². The van der Waals surface area contributed by atoms with Gasteiger partial charge in [0, 0.05) is 17.0 Å². The minimum absolute atomic E-state index is 0.0245. The van der Waals surface area contributed by atoms with Crippen molar-refractivity contribution < 1.29 is 18.0 Å². The lowest BCUT2D eigenvalue weighted by Crippen LogP contribution is -2.24. The summed E-state index contributed by atoms with van der Waals surface area (Å²) in [6, 6.07) is 11.4. The molecule has 27 heavy (non-hydrogen) atoms. The van der Waals surface area contributed by atoms with Crippen LogP contribution in [-0.4, -0.2) is 32.5 Å².